The molecule has 3 amide bonds. The van der Waals surface area contributed by atoms with Crippen molar-refractivity contribution in [2.45, 2.75) is 13.0 Å². The molecule has 0 saturated heterocycles. The van der Waals surface area contributed by atoms with Crippen molar-refractivity contribution in [1.82, 2.24) is 15.5 Å². The monoisotopic (exact) mass is 372 g/mol. The van der Waals surface area contributed by atoms with Gasteiger partial charge in [0.1, 0.15) is 5.82 Å². The number of hydrogen-bond acceptors (Lipinski definition) is 3. The van der Waals surface area contributed by atoms with Gasteiger partial charge in [-0.3, -0.25) is 4.79 Å². The number of hydrogen-bond donors (Lipinski definition) is 3. The lowest BCUT2D eigenvalue weighted by Gasteiger charge is -2.25. The largest absolute Gasteiger partial charge is 0.355 e. The molecule has 144 valence electrons. The molecule has 0 heterocycles. The smallest absolute Gasteiger partial charge is 0.319 e. The van der Waals surface area contributed by atoms with E-state index in [-0.39, 0.29) is 23.8 Å². The Morgan fingerprint density at radius 1 is 1.15 bits per heavy atom. The second kappa shape index (κ2) is 9.14. The van der Waals surface area contributed by atoms with Crippen LogP contribution in [0.4, 0.5) is 14.9 Å². The van der Waals surface area contributed by atoms with Gasteiger partial charge in [0.2, 0.25) is 0 Å². The van der Waals surface area contributed by atoms with E-state index in [9.17, 15) is 14.0 Å². The van der Waals surface area contributed by atoms with Crippen LogP contribution in [-0.4, -0.2) is 44.5 Å². The molecule has 0 aromatic heterocycles. The molecule has 2 aromatic carbocycles. The van der Waals surface area contributed by atoms with E-state index >= 15 is 0 Å². The second-order valence-electron chi connectivity index (χ2n) is 6.48. The fourth-order valence-electron chi connectivity index (χ4n) is 2.76. The number of benzene rings is 2. The van der Waals surface area contributed by atoms with Crippen LogP contribution in [-0.2, 0) is 0 Å². The molecule has 0 bridgehead atoms. The van der Waals surface area contributed by atoms with E-state index in [1.807, 2.05) is 32.0 Å². The van der Waals surface area contributed by atoms with E-state index < -0.39 is 0 Å². The molecule has 0 radical (unpaired) electrons. The molecule has 0 spiro atoms. The number of nitrogens with zero attached hydrogens (tertiary/aromatic N) is 1. The summed E-state index contributed by atoms with van der Waals surface area (Å²) in [7, 11) is 5.31. The number of nitrogens with one attached hydrogen (secondary N) is 3. The predicted octanol–water partition coefficient (Wildman–Crippen LogP) is 2.92. The van der Waals surface area contributed by atoms with Gasteiger partial charge >= 0.3 is 6.03 Å². The summed E-state index contributed by atoms with van der Waals surface area (Å²) in [5.74, 6) is -0.492. The Balaban J connectivity index is 2.01. The first-order chi connectivity index (χ1) is 12.8. The van der Waals surface area contributed by atoms with Crippen molar-refractivity contribution in [3.8, 4) is 0 Å². The molecule has 0 aliphatic rings. The maximum Gasteiger partial charge on any atom is 0.319 e. The number of amides is 3. The minimum Gasteiger partial charge on any atom is -0.355 e. The Bertz CT molecular complexity index is 823. The summed E-state index contributed by atoms with van der Waals surface area (Å²) >= 11 is 0. The van der Waals surface area contributed by atoms with Crippen molar-refractivity contribution in [2.24, 2.45) is 0 Å². The van der Waals surface area contributed by atoms with E-state index in [4.69, 9.17) is 0 Å². The highest BCUT2D eigenvalue weighted by atomic mass is 19.1. The second-order valence-corrected chi connectivity index (χ2v) is 6.48. The third-order valence-corrected chi connectivity index (χ3v) is 4.28. The topological polar surface area (TPSA) is 73.5 Å². The molecule has 3 N–H and O–H groups in total. The molecule has 0 saturated carbocycles. The molecule has 7 heteroatoms. The van der Waals surface area contributed by atoms with Crippen molar-refractivity contribution < 1.29 is 14.0 Å². The lowest BCUT2D eigenvalue weighted by Crippen LogP contribution is -2.37. The number of likely N-dealkylation sites (N-methyl/N-ethyl adjacent to an activating group) is 1. The first-order valence-electron chi connectivity index (χ1n) is 8.61. The van der Waals surface area contributed by atoms with E-state index in [1.54, 1.807) is 31.3 Å². The first-order valence-corrected chi connectivity index (χ1v) is 8.61. The van der Waals surface area contributed by atoms with Crippen LogP contribution in [0, 0.1) is 12.7 Å². The van der Waals surface area contributed by atoms with Gasteiger partial charge in [0.25, 0.3) is 5.91 Å². The van der Waals surface area contributed by atoms with Crippen LogP contribution in [0.25, 0.3) is 0 Å². The van der Waals surface area contributed by atoms with E-state index in [0.29, 0.717) is 17.8 Å². The summed E-state index contributed by atoms with van der Waals surface area (Å²) in [5.41, 5.74) is 2.71. The van der Waals surface area contributed by atoms with Gasteiger partial charge in [0.15, 0.2) is 0 Å². The average molecular weight is 372 g/mol. The van der Waals surface area contributed by atoms with Crippen LogP contribution in [0.3, 0.4) is 0 Å². The van der Waals surface area contributed by atoms with Gasteiger partial charge < -0.3 is 20.9 Å². The van der Waals surface area contributed by atoms with Crippen LogP contribution < -0.4 is 16.0 Å². The Labute approximate surface area is 158 Å². The van der Waals surface area contributed by atoms with Crippen molar-refractivity contribution in [3.63, 3.8) is 0 Å². The third-order valence-electron chi connectivity index (χ3n) is 4.28. The van der Waals surface area contributed by atoms with Gasteiger partial charge in [0, 0.05) is 24.8 Å². The van der Waals surface area contributed by atoms with Crippen LogP contribution in [0.15, 0.2) is 42.5 Å². The Hall–Kier alpha value is -2.93. The zero-order valence-corrected chi connectivity index (χ0v) is 16.0. The van der Waals surface area contributed by atoms with Crippen molar-refractivity contribution >= 4 is 17.6 Å². The Morgan fingerprint density at radius 2 is 1.89 bits per heavy atom. The van der Waals surface area contributed by atoms with E-state index in [0.717, 1.165) is 11.1 Å². The standard InChI is InChI=1S/C20H25FN4O2/c1-13-10-15(19(26)22-2)8-9-17(13)24-20(27)23-12-18(25(3)4)14-6-5-7-16(21)11-14/h5-11,18H,12H2,1-4H3,(H,22,26)(H2,23,24,27). The lowest BCUT2D eigenvalue weighted by atomic mass is 10.1. The maximum atomic E-state index is 13.5. The molecular formula is C20H25FN4O2. The van der Waals surface area contributed by atoms with Gasteiger partial charge in [-0.2, -0.15) is 0 Å². The van der Waals surface area contributed by atoms with Crippen molar-refractivity contribution in [3.05, 3.63) is 65.0 Å². The summed E-state index contributed by atoms with van der Waals surface area (Å²) < 4.78 is 13.5. The summed E-state index contributed by atoms with van der Waals surface area (Å²) in [4.78, 5) is 25.8. The summed E-state index contributed by atoms with van der Waals surface area (Å²) in [5, 5.41) is 8.15. The number of rotatable bonds is 6. The highest BCUT2D eigenvalue weighted by Crippen LogP contribution is 2.19. The molecule has 2 aromatic rings. The third kappa shape index (κ3) is 5.52. The quantitative estimate of drug-likeness (QED) is 0.730. The molecular weight excluding hydrogens is 347 g/mol. The number of carbonyl (C=O) groups is 2. The molecule has 0 aliphatic heterocycles. The van der Waals surface area contributed by atoms with Crippen molar-refractivity contribution in [2.75, 3.05) is 33.0 Å². The van der Waals surface area contributed by atoms with Crippen LogP contribution in [0.5, 0.6) is 0 Å². The molecule has 1 atom stereocenters. The number of anilines is 1. The van der Waals surface area contributed by atoms with Crippen molar-refractivity contribution in [1.29, 1.82) is 0 Å². The van der Waals surface area contributed by atoms with Gasteiger partial charge in [-0.1, -0.05) is 12.1 Å². The molecule has 0 fully saturated rings. The maximum absolute atomic E-state index is 13.5. The van der Waals surface area contributed by atoms with Gasteiger partial charge in [-0.25, -0.2) is 9.18 Å². The Kier molecular flexibility index (Phi) is 6.90. The van der Waals surface area contributed by atoms with Crippen LogP contribution in [0.2, 0.25) is 0 Å². The Morgan fingerprint density at radius 3 is 2.48 bits per heavy atom. The number of urea groups is 1. The highest BCUT2D eigenvalue weighted by molar-refractivity contribution is 5.96. The van der Waals surface area contributed by atoms with Gasteiger partial charge in [-0.05, 0) is 62.5 Å². The van der Waals surface area contributed by atoms with Gasteiger partial charge in [0.05, 0.1) is 6.04 Å². The highest BCUT2D eigenvalue weighted by Gasteiger charge is 2.16. The number of halogens is 1. The molecule has 27 heavy (non-hydrogen) atoms. The fourth-order valence-corrected chi connectivity index (χ4v) is 2.76. The normalized spacial score (nSPS) is 11.8. The summed E-state index contributed by atoms with van der Waals surface area (Å²) in [6, 6.07) is 10.9. The zero-order valence-electron chi connectivity index (χ0n) is 16.0. The fraction of sp³-hybridized carbons (Fsp3) is 0.300. The SMILES string of the molecule is CNC(=O)c1ccc(NC(=O)NCC(c2cccc(F)c2)N(C)C)c(C)c1. The van der Waals surface area contributed by atoms with E-state index in [2.05, 4.69) is 16.0 Å². The zero-order chi connectivity index (χ0) is 20.0. The summed E-state index contributed by atoms with van der Waals surface area (Å²) in [6.45, 7) is 2.13. The van der Waals surface area contributed by atoms with Crippen LogP contribution >= 0.6 is 0 Å². The predicted molar refractivity (Wildman–Crippen MR) is 104 cm³/mol. The minimum absolute atomic E-state index is 0.164. The van der Waals surface area contributed by atoms with Gasteiger partial charge in [-0.15, -0.1) is 0 Å². The molecule has 1 unspecified atom stereocenters. The van der Waals surface area contributed by atoms with Crippen LogP contribution in [0.1, 0.15) is 27.5 Å². The molecule has 6 nitrogen and oxygen atoms in total. The first kappa shape index (κ1) is 20.4. The lowest BCUT2D eigenvalue weighted by molar-refractivity contribution is 0.0963. The molecule has 2 rings (SSSR count). The number of carbonyl (C=O) groups excluding carboxylic acids is 2. The van der Waals surface area contributed by atoms with E-state index in [1.165, 1.54) is 12.1 Å². The molecule has 0 aliphatic carbocycles. The number of aryl methyl sites for hydroxylation is 1. The average Bonchev–Trinajstić information content (AvgIpc) is 2.62. The minimum atomic E-state index is -0.367. The summed E-state index contributed by atoms with van der Waals surface area (Å²) in [6.07, 6.45) is 0.